The highest BCUT2D eigenvalue weighted by atomic mass is 16.5. The van der Waals surface area contributed by atoms with Crippen LogP contribution in [-0.2, 0) is 9.47 Å². The molecule has 0 bridgehead atoms. The van der Waals surface area contributed by atoms with Crippen LogP contribution in [0.15, 0.2) is 12.1 Å². The second kappa shape index (κ2) is 8.60. The molecule has 0 unspecified atom stereocenters. The van der Waals surface area contributed by atoms with E-state index in [1.807, 2.05) is 0 Å². The number of carbonyl (C=O) groups excluding carboxylic acids is 2. The van der Waals surface area contributed by atoms with Gasteiger partial charge in [0.1, 0.15) is 13.2 Å². The number of benzene rings is 1. The zero-order valence-electron chi connectivity index (χ0n) is 12.2. The van der Waals surface area contributed by atoms with Crippen molar-refractivity contribution in [2.75, 3.05) is 26.4 Å². The molecule has 0 spiro atoms. The van der Waals surface area contributed by atoms with Crippen molar-refractivity contribution in [3.05, 3.63) is 34.4 Å². The van der Waals surface area contributed by atoms with Crippen LogP contribution in [0.1, 0.15) is 41.4 Å². The van der Waals surface area contributed by atoms with E-state index < -0.39 is 72.6 Å². The molecule has 0 saturated heterocycles. The van der Waals surface area contributed by atoms with Gasteiger partial charge in [-0.1, -0.05) is 0 Å². The maximum Gasteiger partial charge on any atom is 0.339 e. The summed E-state index contributed by atoms with van der Waals surface area (Å²) >= 11 is 0. The lowest BCUT2D eigenvalue weighted by molar-refractivity contribution is 0.0418. The van der Waals surface area contributed by atoms with Crippen LogP contribution < -0.4 is 0 Å². The lowest BCUT2D eigenvalue weighted by Crippen LogP contribution is -2.19. The molecule has 0 aliphatic rings. The van der Waals surface area contributed by atoms with Crippen molar-refractivity contribution in [2.24, 2.45) is 0 Å². The quantitative estimate of drug-likeness (QED) is 0.447. The van der Waals surface area contributed by atoms with Crippen molar-refractivity contribution in [1.29, 1.82) is 0 Å². The zero-order chi connectivity index (χ0) is 18.3. The highest BCUT2D eigenvalue weighted by Crippen LogP contribution is 2.20. The van der Waals surface area contributed by atoms with E-state index in [9.17, 15) is 19.2 Å². The van der Waals surface area contributed by atoms with Gasteiger partial charge in [0.05, 0.1) is 35.5 Å². The monoisotopic (exact) mass is 342 g/mol. The Morgan fingerprint density at radius 2 is 1.04 bits per heavy atom. The van der Waals surface area contributed by atoms with Crippen molar-refractivity contribution in [1.82, 2.24) is 0 Å². The smallest absolute Gasteiger partial charge is 0.339 e. The first-order valence-electron chi connectivity index (χ1n) is 6.54. The van der Waals surface area contributed by atoms with Crippen LogP contribution in [0.3, 0.4) is 0 Å². The topological polar surface area (TPSA) is 168 Å². The number of ether oxygens (including phenoxy) is 2. The lowest BCUT2D eigenvalue weighted by Gasteiger charge is -2.11. The Kier molecular flexibility index (Phi) is 6.83. The minimum atomic E-state index is -1.61. The van der Waals surface area contributed by atoms with Gasteiger partial charge in [0.15, 0.2) is 0 Å². The summed E-state index contributed by atoms with van der Waals surface area (Å²) in [6.45, 7) is -1.84. The Morgan fingerprint density at radius 1 is 0.708 bits per heavy atom. The number of aliphatic hydroxyl groups is 2. The summed E-state index contributed by atoms with van der Waals surface area (Å²) in [5.41, 5.74) is -2.52. The molecule has 0 atom stereocenters. The van der Waals surface area contributed by atoms with Gasteiger partial charge in [0, 0.05) is 0 Å². The van der Waals surface area contributed by atoms with Gasteiger partial charge >= 0.3 is 23.9 Å². The molecule has 4 N–H and O–H groups in total. The summed E-state index contributed by atoms with van der Waals surface area (Å²) in [4.78, 5) is 46.2. The molecule has 10 nitrogen and oxygen atoms in total. The molecule has 0 aliphatic heterocycles. The van der Waals surface area contributed by atoms with Crippen LogP contribution in [0.4, 0.5) is 0 Å². The molecule has 24 heavy (non-hydrogen) atoms. The number of carboxylic acids is 2. The summed E-state index contributed by atoms with van der Waals surface area (Å²) < 4.78 is 9.18. The van der Waals surface area contributed by atoms with Gasteiger partial charge in [-0.15, -0.1) is 0 Å². The molecule has 1 aromatic rings. The summed E-state index contributed by atoms with van der Waals surface area (Å²) in [6.07, 6.45) is 0. The van der Waals surface area contributed by atoms with Gasteiger partial charge in [-0.05, 0) is 12.1 Å². The first-order valence-corrected chi connectivity index (χ1v) is 6.54. The molecule has 0 radical (unpaired) electrons. The molecule has 10 heteroatoms. The number of rotatable bonds is 8. The average Bonchev–Trinajstić information content (AvgIpc) is 2.55. The third kappa shape index (κ3) is 4.51. The van der Waals surface area contributed by atoms with Crippen molar-refractivity contribution in [2.45, 2.75) is 0 Å². The van der Waals surface area contributed by atoms with E-state index >= 15 is 0 Å². The number of aromatic carboxylic acids is 2. The second-order valence-electron chi connectivity index (χ2n) is 4.27. The number of carboxylic acid groups (broad SMARTS) is 2. The maximum absolute atomic E-state index is 11.9. The molecule has 0 heterocycles. The van der Waals surface area contributed by atoms with Crippen molar-refractivity contribution in [3.8, 4) is 0 Å². The molecule has 0 aliphatic carbocycles. The fourth-order valence-corrected chi connectivity index (χ4v) is 1.72. The van der Waals surface area contributed by atoms with Gasteiger partial charge in [0.25, 0.3) is 0 Å². The van der Waals surface area contributed by atoms with Crippen LogP contribution in [0.5, 0.6) is 0 Å². The normalized spacial score (nSPS) is 10.1. The molecular formula is C14H14O10. The van der Waals surface area contributed by atoms with Gasteiger partial charge in [0.2, 0.25) is 0 Å². The molecule has 1 rings (SSSR count). The van der Waals surface area contributed by atoms with Crippen molar-refractivity contribution < 1.29 is 49.1 Å². The predicted molar refractivity (Wildman–Crippen MR) is 75.1 cm³/mol. The summed E-state index contributed by atoms with van der Waals surface area (Å²) in [5, 5.41) is 35.5. The van der Waals surface area contributed by atoms with E-state index in [4.69, 9.17) is 20.4 Å². The van der Waals surface area contributed by atoms with Crippen LogP contribution in [-0.4, -0.2) is 70.7 Å². The van der Waals surface area contributed by atoms with Crippen molar-refractivity contribution >= 4 is 23.9 Å². The second-order valence-corrected chi connectivity index (χ2v) is 4.27. The molecule has 1 aromatic carbocycles. The average molecular weight is 342 g/mol. The molecule has 0 saturated carbocycles. The third-order valence-corrected chi connectivity index (χ3v) is 2.71. The summed E-state index contributed by atoms with van der Waals surface area (Å²) in [6, 6.07) is 1.36. The molecule has 0 aromatic heterocycles. The minimum Gasteiger partial charge on any atom is -0.478 e. The van der Waals surface area contributed by atoms with Crippen LogP contribution >= 0.6 is 0 Å². The van der Waals surface area contributed by atoms with Crippen LogP contribution in [0.2, 0.25) is 0 Å². The highest BCUT2D eigenvalue weighted by Gasteiger charge is 2.27. The number of carbonyl (C=O) groups is 4. The predicted octanol–water partition coefficient (Wildman–Crippen LogP) is -0.619. The Hall–Kier alpha value is -2.98. The molecule has 0 fully saturated rings. The highest BCUT2D eigenvalue weighted by molar-refractivity contribution is 6.09. The third-order valence-electron chi connectivity index (χ3n) is 2.71. The number of hydrogen-bond acceptors (Lipinski definition) is 8. The molecular weight excluding hydrogens is 328 g/mol. The van der Waals surface area contributed by atoms with E-state index in [-0.39, 0.29) is 0 Å². The summed E-state index contributed by atoms with van der Waals surface area (Å²) in [5.74, 6) is -5.53. The Balaban J connectivity index is 3.45. The first kappa shape index (κ1) is 19.1. The van der Waals surface area contributed by atoms with Gasteiger partial charge in [-0.25, -0.2) is 19.2 Å². The van der Waals surface area contributed by atoms with Gasteiger partial charge in [-0.3, -0.25) is 0 Å². The van der Waals surface area contributed by atoms with Crippen molar-refractivity contribution in [3.63, 3.8) is 0 Å². The Labute approximate surface area is 134 Å². The number of esters is 2. The largest absolute Gasteiger partial charge is 0.478 e. The first-order chi connectivity index (χ1) is 11.3. The fraction of sp³-hybridized carbons (Fsp3) is 0.286. The Bertz CT molecular complexity index is 611. The maximum atomic E-state index is 11.9. The zero-order valence-corrected chi connectivity index (χ0v) is 12.2. The standard InChI is InChI=1S/C14H14O10/c15-1-3-23-13(21)9-6-10(14(22)24-4-2-16)8(12(19)20)5-7(9)11(17)18/h5-6,15-16H,1-4H2,(H,17,18)(H,19,20). The fourth-order valence-electron chi connectivity index (χ4n) is 1.72. The van der Waals surface area contributed by atoms with E-state index in [1.165, 1.54) is 0 Å². The van der Waals surface area contributed by atoms with E-state index in [1.54, 1.807) is 0 Å². The summed E-state index contributed by atoms with van der Waals surface area (Å²) in [7, 11) is 0. The van der Waals surface area contributed by atoms with Crippen LogP contribution in [0.25, 0.3) is 0 Å². The van der Waals surface area contributed by atoms with Gasteiger partial charge < -0.3 is 29.9 Å². The number of hydrogen-bond donors (Lipinski definition) is 4. The molecule has 0 amide bonds. The van der Waals surface area contributed by atoms with Gasteiger partial charge in [-0.2, -0.15) is 0 Å². The van der Waals surface area contributed by atoms with E-state index in [0.29, 0.717) is 6.07 Å². The SMILES string of the molecule is O=C(O)c1cc(C(=O)O)c(C(=O)OCCO)cc1C(=O)OCCO. The number of aliphatic hydroxyl groups excluding tert-OH is 2. The van der Waals surface area contributed by atoms with E-state index in [0.717, 1.165) is 6.07 Å². The minimum absolute atomic E-state index is 0.414. The molecule has 130 valence electrons. The Morgan fingerprint density at radius 3 is 1.33 bits per heavy atom. The van der Waals surface area contributed by atoms with Crippen LogP contribution in [0, 0.1) is 0 Å². The van der Waals surface area contributed by atoms with E-state index in [2.05, 4.69) is 9.47 Å². The lowest BCUT2D eigenvalue weighted by atomic mass is 9.98.